The van der Waals surface area contributed by atoms with E-state index in [1.165, 1.54) is 7.11 Å². The zero-order chi connectivity index (χ0) is 22.7. The van der Waals surface area contributed by atoms with Crippen LogP contribution in [0.3, 0.4) is 0 Å². The topological polar surface area (TPSA) is 91.5 Å². The minimum Gasteiger partial charge on any atom is -0.467 e. The normalized spacial score (nSPS) is 16.9. The first-order valence-electron chi connectivity index (χ1n) is 10.4. The first kappa shape index (κ1) is 21.9. The second-order valence-corrected chi connectivity index (χ2v) is 8.39. The molecule has 2 N–H and O–H groups in total. The third kappa shape index (κ3) is 4.78. The number of nitrogens with zero attached hydrogens (tertiary/aromatic N) is 1. The summed E-state index contributed by atoms with van der Waals surface area (Å²) in [6, 6.07) is 14.2. The summed E-state index contributed by atoms with van der Waals surface area (Å²) in [5, 5.41) is 4.42. The number of aromatic amines is 1. The maximum atomic E-state index is 12.9. The molecule has 0 radical (unpaired) electrons. The van der Waals surface area contributed by atoms with E-state index >= 15 is 0 Å². The molecule has 0 saturated carbocycles. The molecule has 1 aliphatic rings. The second-order valence-electron chi connectivity index (χ2n) is 7.95. The molecule has 3 aromatic rings. The van der Waals surface area contributed by atoms with Gasteiger partial charge in [-0.05, 0) is 29.3 Å². The van der Waals surface area contributed by atoms with E-state index in [0.717, 1.165) is 22.0 Å². The third-order valence-corrected chi connectivity index (χ3v) is 6.03. The molecule has 1 aliphatic heterocycles. The quantitative estimate of drug-likeness (QED) is 0.538. The second kappa shape index (κ2) is 9.44. The zero-order valence-corrected chi connectivity index (χ0v) is 18.4. The van der Waals surface area contributed by atoms with Crippen molar-refractivity contribution in [3.63, 3.8) is 0 Å². The van der Waals surface area contributed by atoms with Crippen molar-refractivity contribution in [2.45, 2.75) is 25.4 Å². The molecule has 8 heteroatoms. The number of fused-ring (bicyclic) bond motifs is 1. The number of likely N-dealkylation sites (tertiary alicyclic amines) is 1. The smallest absolute Gasteiger partial charge is 0.328 e. The SMILES string of the molecule is COC(=O)[C@H](Cc1c[nH]c2ccccc12)NC(=O)[C@@H]1CC(=O)N(Cc2ccc(Cl)cc2)C1. The van der Waals surface area contributed by atoms with Gasteiger partial charge < -0.3 is 19.9 Å². The third-order valence-electron chi connectivity index (χ3n) is 5.77. The summed E-state index contributed by atoms with van der Waals surface area (Å²) in [5.74, 6) is -1.46. The van der Waals surface area contributed by atoms with Gasteiger partial charge in [-0.2, -0.15) is 0 Å². The van der Waals surface area contributed by atoms with Crippen molar-refractivity contribution < 1.29 is 19.1 Å². The highest BCUT2D eigenvalue weighted by atomic mass is 35.5. The van der Waals surface area contributed by atoms with E-state index in [9.17, 15) is 14.4 Å². The van der Waals surface area contributed by atoms with Crippen molar-refractivity contribution in [3.05, 3.63) is 70.9 Å². The molecule has 32 heavy (non-hydrogen) atoms. The Morgan fingerprint density at radius 2 is 1.97 bits per heavy atom. The molecule has 2 heterocycles. The van der Waals surface area contributed by atoms with Crippen molar-refractivity contribution in [2.75, 3.05) is 13.7 Å². The van der Waals surface area contributed by atoms with E-state index in [1.54, 1.807) is 17.0 Å². The maximum Gasteiger partial charge on any atom is 0.328 e. The summed E-state index contributed by atoms with van der Waals surface area (Å²) in [5.41, 5.74) is 2.80. The number of esters is 1. The lowest BCUT2D eigenvalue weighted by Crippen LogP contribution is -2.46. The van der Waals surface area contributed by atoms with Gasteiger partial charge in [0.05, 0.1) is 13.0 Å². The molecule has 0 unspecified atom stereocenters. The van der Waals surface area contributed by atoms with Crippen LogP contribution in [0.1, 0.15) is 17.5 Å². The molecule has 0 aliphatic carbocycles. The molecular weight excluding hydrogens is 430 g/mol. The number of benzene rings is 2. The number of H-pyrrole nitrogens is 1. The fraction of sp³-hybridized carbons (Fsp3) is 0.292. The molecule has 4 rings (SSSR count). The largest absolute Gasteiger partial charge is 0.467 e. The van der Waals surface area contributed by atoms with Crippen molar-refractivity contribution in [2.24, 2.45) is 5.92 Å². The van der Waals surface area contributed by atoms with Crippen LogP contribution in [0.2, 0.25) is 5.02 Å². The average molecular weight is 454 g/mol. The predicted octanol–water partition coefficient (Wildman–Crippen LogP) is 3.07. The number of ether oxygens (including phenoxy) is 1. The van der Waals surface area contributed by atoms with E-state index in [2.05, 4.69) is 10.3 Å². The van der Waals surface area contributed by atoms with E-state index in [1.807, 2.05) is 42.6 Å². The van der Waals surface area contributed by atoms with Crippen LogP contribution in [0, 0.1) is 5.92 Å². The molecule has 1 aromatic heterocycles. The van der Waals surface area contributed by atoms with Gasteiger partial charge in [0, 0.05) is 48.1 Å². The van der Waals surface area contributed by atoms with Crippen molar-refractivity contribution in [3.8, 4) is 0 Å². The van der Waals surface area contributed by atoms with Gasteiger partial charge in [-0.3, -0.25) is 9.59 Å². The van der Waals surface area contributed by atoms with Crippen LogP contribution in [0.25, 0.3) is 10.9 Å². The van der Waals surface area contributed by atoms with E-state index in [-0.39, 0.29) is 24.7 Å². The van der Waals surface area contributed by atoms with Gasteiger partial charge >= 0.3 is 5.97 Å². The molecular formula is C24H24ClN3O4. The number of methoxy groups -OCH3 is 1. The lowest BCUT2D eigenvalue weighted by atomic mass is 10.0. The summed E-state index contributed by atoms with van der Waals surface area (Å²) in [6.07, 6.45) is 2.23. The summed E-state index contributed by atoms with van der Waals surface area (Å²) < 4.78 is 4.92. The number of halogens is 1. The van der Waals surface area contributed by atoms with Crippen LogP contribution in [0.4, 0.5) is 0 Å². The predicted molar refractivity (Wildman–Crippen MR) is 121 cm³/mol. The van der Waals surface area contributed by atoms with E-state index < -0.39 is 17.9 Å². The van der Waals surface area contributed by atoms with Crippen LogP contribution >= 0.6 is 11.6 Å². The number of amides is 2. The molecule has 166 valence electrons. The minimum atomic E-state index is -0.841. The summed E-state index contributed by atoms with van der Waals surface area (Å²) in [7, 11) is 1.30. The number of carbonyl (C=O) groups excluding carboxylic acids is 3. The molecule has 2 aromatic carbocycles. The first-order chi connectivity index (χ1) is 15.4. The molecule has 2 atom stereocenters. The lowest BCUT2D eigenvalue weighted by molar-refractivity contribution is -0.145. The number of aromatic nitrogens is 1. The van der Waals surface area contributed by atoms with Crippen LogP contribution in [-0.2, 0) is 32.1 Å². The molecule has 7 nitrogen and oxygen atoms in total. The van der Waals surface area contributed by atoms with E-state index in [4.69, 9.17) is 16.3 Å². The average Bonchev–Trinajstić information content (AvgIpc) is 3.38. The Bertz CT molecular complexity index is 1140. The molecule has 1 saturated heterocycles. The van der Waals surface area contributed by atoms with Gasteiger partial charge in [-0.25, -0.2) is 4.79 Å². The number of hydrogen-bond donors (Lipinski definition) is 2. The highest BCUT2D eigenvalue weighted by molar-refractivity contribution is 6.30. The van der Waals surface area contributed by atoms with Crippen molar-refractivity contribution in [1.82, 2.24) is 15.2 Å². The molecule has 0 spiro atoms. The molecule has 2 amide bonds. The van der Waals surface area contributed by atoms with E-state index in [0.29, 0.717) is 18.1 Å². The summed E-state index contributed by atoms with van der Waals surface area (Å²) in [4.78, 5) is 42.6. The van der Waals surface area contributed by atoms with Crippen molar-refractivity contribution in [1.29, 1.82) is 0 Å². The van der Waals surface area contributed by atoms with Gasteiger partial charge in [0.15, 0.2) is 0 Å². The Labute approximate surface area is 190 Å². The van der Waals surface area contributed by atoms with Crippen molar-refractivity contribution >= 4 is 40.3 Å². The number of nitrogens with one attached hydrogen (secondary N) is 2. The fourth-order valence-electron chi connectivity index (χ4n) is 4.06. The van der Waals surface area contributed by atoms with Gasteiger partial charge in [-0.15, -0.1) is 0 Å². The van der Waals surface area contributed by atoms with Gasteiger partial charge in [0.1, 0.15) is 6.04 Å². The Balaban J connectivity index is 1.42. The monoisotopic (exact) mass is 453 g/mol. The number of carbonyl (C=O) groups is 3. The molecule has 1 fully saturated rings. The highest BCUT2D eigenvalue weighted by Crippen LogP contribution is 2.23. The zero-order valence-electron chi connectivity index (χ0n) is 17.6. The number of hydrogen-bond acceptors (Lipinski definition) is 4. The highest BCUT2D eigenvalue weighted by Gasteiger charge is 2.36. The van der Waals surface area contributed by atoms with Crippen LogP contribution in [0.15, 0.2) is 54.7 Å². The van der Waals surface area contributed by atoms with Gasteiger partial charge in [0.2, 0.25) is 11.8 Å². The first-order valence-corrected chi connectivity index (χ1v) is 10.8. The summed E-state index contributed by atoms with van der Waals surface area (Å²) in [6.45, 7) is 0.712. The van der Waals surface area contributed by atoms with Gasteiger partial charge in [-0.1, -0.05) is 41.9 Å². The number of rotatable bonds is 7. The Hall–Kier alpha value is -3.32. The summed E-state index contributed by atoms with van der Waals surface area (Å²) >= 11 is 5.92. The minimum absolute atomic E-state index is 0.0913. The van der Waals surface area contributed by atoms with Gasteiger partial charge in [0.25, 0.3) is 0 Å². The Morgan fingerprint density at radius 3 is 2.72 bits per heavy atom. The maximum absolute atomic E-state index is 12.9. The van der Waals surface area contributed by atoms with Crippen LogP contribution < -0.4 is 5.32 Å². The lowest BCUT2D eigenvalue weighted by Gasteiger charge is -2.19. The molecule has 0 bridgehead atoms. The van der Waals surface area contributed by atoms with Crippen LogP contribution in [-0.4, -0.2) is 47.4 Å². The Morgan fingerprint density at radius 1 is 1.22 bits per heavy atom. The fourth-order valence-corrected chi connectivity index (χ4v) is 4.18. The number of para-hydroxylation sites is 1. The van der Waals surface area contributed by atoms with Crippen LogP contribution in [0.5, 0.6) is 0 Å². The Kier molecular flexibility index (Phi) is 6.46. The standard InChI is InChI=1S/C24H24ClN3O4/c1-32-24(31)21(10-16-12-26-20-5-3-2-4-19(16)20)27-23(30)17-11-22(29)28(14-17)13-15-6-8-18(25)9-7-15/h2-9,12,17,21,26H,10-11,13-14H2,1H3,(H,27,30)/t17-,21+/m1/s1.